The second kappa shape index (κ2) is 10.6. The molecular formula is C26H32N4O4. The first kappa shape index (κ1) is 23.6. The van der Waals surface area contributed by atoms with E-state index in [1.165, 1.54) is 5.56 Å². The van der Waals surface area contributed by atoms with Crippen LogP contribution in [0.3, 0.4) is 0 Å². The van der Waals surface area contributed by atoms with Gasteiger partial charge in [0.15, 0.2) is 11.5 Å². The molecule has 4 rings (SSSR count). The summed E-state index contributed by atoms with van der Waals surface area (Å²) in [5.74, 6) is 2.50. The Kier molecular flexibility index (Phi) is 7.35. The van der Waals surface area contributed by atoms with E-state index >= 15 is 0 Å². The molecule has 0 bridgehead atoms. The number of fused-ring (bicyclic) bond motifs is 1. The average molecular weight is 465 g/mol. The van der Waals surface area contributed by atoms with Crippen LogP contribution in [0.2, 0.25) is 0 Å². The molecular weight excluding hydrogens is 432 g/mol. The van der Waals surface area contributed by atoms with Gasteiger partial charge in [0.25, 0.3) is 0 Å². The number of carbonyl (C=O) groups excluding carboxylic acids is 1. The van der Waals surface area contributed by atoms with E-state index in [0.717, 1.165) is 48.2 Å². The standard InChI is InChI=1S/C26H32N4O4/c1-17(2)18-8-10-19(11-9-18)29-26(31)34-15-20-7-5-6-12-30(20)25-21-13-23(32-3)24(33-4)14-22(21)27-16-28-25/h8-11,13-14,16-17,20H,5-7,12,15H2,1-4H3,(H,29,31). The van der Waals surface area contributed by atoms with Crippen molar-refractivity contribution in [2.75, 3.05) is 37.6 Å². The average Bonchev–Trinajstić information content (AvgIpc) is 2.86. The third-order valence-electron chi connectivity index (χ3n) is 6.25. The van der Waals surface area contributed by atoms with Crippen LogP contribution in [0.5, 0.6) is 11.5 Å². The van der Waals surface area contributed by atoms with E-state index in [1.54, 1.807) is 20.5 Å². The Balaban J connectivity index is 1.48. The maximum atomic E-state index is 12.5. The summed E-state index contributed by atoms with van der Waals surface area (Å²) in [5, 5.41) is 3.70. The quantitative estimate of drug-likeness (QED) is 0.502. The van der Waals surface area contributed by atoms with Crippen molar-refractivity contribution in [3.05, 3.63) is 48.3 Å². The Morgan fingerprint density at radius 1 is 1.09 bits per heavy atom. The Bertz CT molecular complexity index is 1130. The molecule has 1 unspecified atom stereocenters. The molecule has 3 aromatic rings. The van der Waals surface area contributed by atoms with Gasteiger partial charge in [0.05, 0.1) is 25.8 Å². The molecule has 1 N–H and O–H groups in total. The molecule has 1 atom stereocenters. The molecule has 1 fully saturated rings. The first-order chi connectivity index (χ1) is 16.5. The molecule has 0 saturated carbocycles. The van der Waals surface area contributed by atoms with Crippen LogP contribution < -0.4 is 19.7 Å². The van der Waals surface area contributed by atoms with Gasteiger partial charge < -0.3 is 19.1 Å². The normalized spacial score (nSPS) is 15.9. The topological polar surface area (TPSA) is 85.8 Å². The van der Waals surface area contributed by atoms with Gasteiger partial charge in [-0.05, 0) is 48.9 Å². The number of benzene rings is 2. The van der Waals surface area contributed by atoms with Gasteiger partial charge in [0.2, 0.25) is 0 Å². The summed E-state index contributed by atoms with van der Waals surface area (Å²) < 4.78 is 16.5. The fourth-order valence-electron chi connectivity index (χ4n) is 4.33. The number of hydrogen-bond acceptors (Lipinski definition) is 7. The lowest BCUT2D eigenvalue weighted by molar-refractivity contribution is 0.148. The zero-order valence-electron chi connectivity index (χ0n) is 20.2. The lowest BCUT2D eigenvalue weighted by Crippen LogP contribution is -2.43. The Morgan fingerprint density at radius 2 is 1.82 bits per heavy atom. The maximum Gasteiger partial charge on any atom is 0.411 e. The van der Waals surface area contributed by atoms with Crippen molar-refractivity contribution in [3.8, 4) is 11.5 Å². The number of rotatable bonds is 7. The third-order valence-corrected chi connectivity index (χ3v) is 6.25. The summed E-state index contributed by atoms with van der Waals surface area (Å²) in [6.45, 7) is 5.38. The predicted octanol–water partition coefficient (Wildman–Crippen LogP) is 5.38. The zero-order valence-corrected chi connectivity index (χ0v) is 20.2. The maximum absolute atomic E-state index is 12.5. The summed E-state index contributed by atoms with van der Waals surface area (Å²) in [6, 6.07) is 11.6. The van der Waals surface area contributed by atoms with Crippen LogP contribution in [0.1, 0.15) is 44.6 Å². The van der Waals surface area contributed by atoms with Crippen LogP contribution in [-0.2, 0) is 4.74 Å². The highest BCUT2D eigenvalue weighted by molar-refractivity contribution is 5.92. The molecule has 0 spiro atoms. The molecule has 34 heavy (non-hydrogen) atoms. The second-order valence-electron chi connectivity index (χ2n) is 8.76. The van der Waals surface area contributed by atoms with E-state index in [2.05, 4.69) is 34.0 Å². The zero-order chi connectivity index (χ0) is 24.1. The number of hydrogen-bond donors (Lipinski definition) is 1. The molecule has 8 heteroatoms. The van der Waals surface area contributed by atoms with Crippen molar-refractivity contribution in [3.63, 3.8) is 0 Å². The fraction of sp³-hybridized carbons (Fsp3) is 0.423. The molecule has 0 radical (unpaired) electrons. The van der Waals surface area contributed by atoms with Gasteiger partial charge in [-0.2, -0.15) is 0 Å². The molecule has 2 aromatic carbocycles. The van der Waals surface area contributed by atoms with E-state index < -0.39 is 6.09 Å². The molecule has 8 nitrogen and oxygen atoms in total. The Hall–Kier alpha value is -3.55. The van der Waals surface area contributed by atoms with Crippen LogP contribution >= 0.6 is 0 Å². The summed E-state index contributed by atoms with van der Waals surface area (Å²) in [7, 11) is 3.22. The minimum atomic E-state index is -0.457. The van der Waals surface area contributed by atoms with E-state index in [-0.39, 0.29) is 12.6 Å². The second-order valence-corrected chi connectivity index (χ2v) is 8.76. The van der Waals surface area contributed by atoms with Crippen LogP contribution in [0.25, 0.3) is 10.9 Å². The van der Waals surface area contributed by atoms with Gasteiger partial charge in [-0.25, -0.2) is 14.8 Å². The van der Waals surface area contributed by atoms with Gasteiger partial charge in [-0.15, -0.1) is 0 Å². The van der Waals surface area contributed by atoms with Crippen molar-refractivity contribution in [1.82, 2.24) is 9.97 Å². The van der Waals surface area contributed by atoms with Gasteiger partial charge >= 0.3 is 6.09 Å². The van der Waals surface area contributed by atoms with Gasteiger partial charge in [-0.1, -0.05) is 26.0 Å². The van der Waals surface area contributed by atoms with Crippen molar-refractivity contribution < 1.29 is 19.0 Å². The van der Waals surface area contributed by atoms with E-state index in [4.69, 9.17) is 14.2 Å². The highest BCUT2D eigenvalue weighted by atomic mass is 16.5. The van der Waals surface area contributed by atoms with Crippen LogP contribution in [0.4, 0.5) is 16.3 Å². The number of piperidine rings is 1. The smallest absolute Gasteiger partial charge is 0.411 e. The number of carbonyl (C=O) groups is 1. The highest BCUT2D eigenvalue weighted by Crippen LogP contribution is 2.36. The summed E-state index contributed by atoms with van der Waals surface area (Å²) in [6.07, 6.45) is 4.13. The lowest BCUT2D eigenvalue weighted by atomic mass is 10.0. The molecule has 1 aliphatic heterocycles. The number of ether oxygens (including phenoxy) is 3. The Labute approximate surface area is 200 Å². The molecule has 1 amide bonds. The fourth-order valence-corrected chi connectivity index (χ4v) is 4.33. The van der Waals surface area contributed by atoms with Crippen LogP contribution in [-0.4, -0.2) is 49.5 Å². The minimum absolute atomic E-state index is 0.0222. The number of methoxy groups -OCH3 is 2. The van der Waals surface area contributed by atoms with Crippen molar-refractivity contribution in [2.24, 2.45) is 0 Å². The lowest BCUT2D eigenvalue weighted by Gasteiger charge is -2.36. The number of amides is 1. The molecule has 1 aliphatic rings. The number of nitrogens with one attached hydrogen (secondary N) is 1. The van der Waals surface area contributed by atoms with Crippen molar-refractivity contribution >= 4 is 28.5 Å². The van der Waals surface area contributed by atoms with Gasteiger partial charge in [0, 0.05) is 23.7 Å². The highest BCUT2D eigenvalue weighted by Gasteiger charge is 2.27. The summed E-state index contributed by atoms with van der Waals surface area (Å²) >= 11 is 0. The predicted molar refractivity (Wildman–Crippen MR) is 133 cm³/mol. The van der Waals surface area contributed by atoms with Crippen molar-refractivity contribution in [1.29, 1.82) is 0 Å². The van der Waals surface area contributed by atoms with E-state index in [9.17, 15) is 4.79 Å². The summed E-state index contributed by atoms with van der Waals surface area (Å²) in [5.41, 5.74) is 2.72. The first-order valence-corrected chi connectivity index (χ1v) is 11.7. The molecule has 1 saturated heterocycles. The molecule has 2 heterocycles. The number of nitrogens with zero attached hydrogens (tertiary/aromatic N) is 3. The minimum Gasteiger partial charge on any atom is -0.493 e. The van der Waals surface area contributed by atoms with Crippen LogP contribution in [0, 0.1) is 0 Å². The number of aromatic nitrogens is 2. The van der Waals surface area contributed by atoms with Crippen molar-refractivity contribution in [2.45, 2.75) is 45.1 Å². The molecule has 1 aromatic heterocycles. The number of anilines is 2. The third kappa shape index (κ3) is 5.16. The monoisotopic (exact) mass is 464 g/mol. The molecule has 180 valence electrons. The SMILES string of the molecule is COc1cc2ncnc(N3CCCCC3COC(=O)Nc3ccc(C(C)C)cc3)c2cc1OC. The largest absolute Gasteiger partial charge is 0.493 e. The van der Waals surface area contributed by atoms with E-state index in [1.807, 2.05) is 36.4 Å². The van der Waals surface area contributed by atoms with Gasteiger partial charge in [0.1, 0.15) is 18.8 Å². The van der Waals surface area contributed by atoms with Crippen LogP contribution in [0.15, 0.2) is 42.7 Å². The van der Waals surface area contributed by atoms with E-state index in [0.29, 0.717) is 17.4 Å². The Morgan fingerprint density at radius 3 is 2.53 bits per heavy atom. The van der Waals surface area contributed by atoms with Gasteiger partial charge in [-0.3, -0.25) is 5.32 Å². The summed E-state index contributed by atoms with van der Waals surface area (Å²) in [4.78, 5) is 23.7. The first-order valence-electron chi connectivity index (χ1n) is 11.7. The molecule has 0 aliphatic carbocycles.